The first-order valence-electron chi connectivity index (χ1n) is 5.60. The number of hydrogen-bond acceptors (Lipinski definition) is 3. The molecule has 1 radical (unpaired) electrons. The van der Waals surface area contributed by atoms with Crippen LogP contribution in [0.25, 0.3) is 0 Å². The molecule has 0 aliphatic rings. The summed E-state index contributed by atoms with van der Waals surface area (Å²) in [6.45, 7) is 6.79. The highest BCUT2D eigenvalue weighted by molar-refractivity contribution is 6.47. The zero-order valence-corrected chi connectivity index (χ0v) is 11.0. The fourth-order valence-electron chi connectivity index (χ4n) is 1.06. The predicted molar refractivity (Wildman–Crippen MR) is 68.0 cm³/mol. The van der Waals surface area contributed by atoms with Crippen molar-refractivity contribution < 1.29 is 14.2 Å². The largest absolute Gasteiger partial charge is 0.427 e. The summed E-state index contributed by atoms with van der Waals surface area (Å²) < 4.78 is 18.6. The fourth-order valence-corrected chi connectivity index (χ4v) is 1.06. The van der Waals surface area contributed by atoms with E-state index in [0.29, 0.717) is 5.46 Å². The van der Waals surface area contributed by atoms with Crippen LogP contribution in [0, 0.1) is 17.1 Å². The molecule has 0 saturated carbocycles. The Morgan fingerprint density at radius 2 is 1.94 bits per heavy atom. The quantitative estimate of drug-likeness (QED) is 0.821. The molecule has 18 heavy (non-hydrogen) atoms. The Hall–Kier alpha value is -1.38. The molecule has 1 aromatic carbocycles. The summed E-state index contributed by atoms with van der Waals surface area (Å²) in [5, 5.41) is 18.6. The predicted octanol–water partition coefficient (Wildman–Crippen LogP) is 1.51. The molecule has 0 bridgehead atoms. The molecule has 0 aromatic heterocycles. The molecule has 0 amide bonds. The molecule has 0 spiro atoms. The second-order valence-corrected chi connectivity index (χ2v) is 5.16. The lowest BCUT2D eigenvalue weighted by Crippen LogP contribution is -2.49. The maximum absolute atomic E-state index is 13.1. The Balaban J connectivity index is 2.79. The standard InChI is InChI=1S/C13H16BFNO2/c1-12(2,17)13(3,4)18-14-10-5-6-11(15)9(7-10)8-16/h5-7,17H,1-4H3. The molecule has 0 unspecified atom stereocenters. The third kappa shape index (κ3) is 3.31. The Labute approximate surface area is 107 Å². The molecule has 3 nitrogen and oxygen atoms in total. The van der Waals surface area contributed by atoms with Gasteiger partial charge in [0.25, 0.3) is 0 Å². The van der Waals surface area contributed by atoms with E-state index in [4.69, 9.17) is 9.92 Å². The summed E-state index contributed by atoms with van der Waals surface area (Å²) in [6.07, 6.45) is 0. The highest BCUT2D eigenvalue weighted by Gasteiger charge is 2.35. The van der Waals surface area contributed by atoms with E-state index in [9.17, 15) is 9.50 Å². The van der Waals surface area contributed by atoms with Crippen LogP contribution < -0.4 is 5.46 Å². The lowest BCUT2D eigenvalue weighted by molar-refractivity contribution is -0.0893. The van der Waals surface area contributed by atoms with E-state index in [1.807, 2.05) is 0 Å². The van der Waals surface area contributed by atoms with E-state index in [-0.39, 0.29) is 5.56 Å². The molecule has 0 aliphatic carbocycles. The number of nitriles is 1. The van der Waals surface area contributed by atoms with Crippen molar-refractivity contribution >= 4 is 12.9 Å². The molecule has 1 rings (SSSR count). The maximum Gasteiger partial charge on any atom is 0.330 e. The molecule has 0 saturated heterocycles. The van der Waals surface area contributed by atoms with Crippen molar-refractivity contribution in [1.29, 1.82) is 5.26 Å². The van der Waals surface area contributed by atoms with Crippen LogP contribution in [-0.2, 0) is 4.65 Å². The molecular weight excluding hydrogens is 232 g/mol. The minimum Gasteiger partial charge on any atom is -0.427 e. The number of aliphatic hydroxyl groups is 1. The number of nitrogens with zero attached hydrogens (tertiary/aromatic N) is 1. The van der Waals surface area contributed by atoms with Crippen molar-refractivity contribution in [1.82, 2.24) is 0 Å². The van der Waals surface area contributed by atoms with Gasteiger partial charge in [-0.15, -0.1) is 0 Å². The normalized spacial score (nSPS) is 12.1. The third-order valence-corrected chi connectivity index (χ3v) is 3.07. The van der Waals surface area contributed by atoms with Crippen molar-refractivity contribution in [2.45, 2.75) is 38.9 Å². The van der Waals surface area contributed by atoms with Crippen LogP contribution in [0.5, 0.6) is 0 Å². The van der Waals surface area contributed by atoms with Crippen molar-refractivity contribution in [3.8, 4) is 6.07 Å². The van der Waals surface area contributed by atoms with Gasteiger partial charge in [0.15, 0.2) is 0 Å². The molecule has 0 atom stereocenters. The van der Waals surface area contributed by atoms with Crippen LogP contribution in [0.1, 0.15) is 33.3 Å². The summed E-state index contributed by atoms with van der Waals surface area (Å²) >= 11 is 0. The SMILES string of the molecule is CC(C)(O)C(C)(C)O[B]c1ccc(F)c(C#N)c1. The third-order valence-electron chi connectivity index (χ3n) is 3.07. The van der Waals surface area contributed by atoms with Crippen LogP contribution in [-0.4, -0.2) is 23.8 Å². The lowest BCUT2D eigenvalue weighted by atomic mass is 9.82. The lowest BCUT2D eigenvalue weighted by Gasteiger charge is -2.37. The van der Waals surface area contributed by atoms with E-state index in [0.717, 1.165) is 0 Å². The van der Waals surface area contributed by atoms with Crippen molar-refractivity contribution in [3.05, 3.63) is 29.6 Å². The van der Waals surface area contributed by atoms with Gasteiger partial charge in [0.05, 0.1) is 16.8 Å². The number of benzene rings is 1. The highest BCUT2D eigenvalue weighted by Crippen LogP contribution is 2.24. The van der Waals surface area contributed by atoms with Gasteiger partial charge in [0.2, 0.25) is 0 Å². The molecule has 1 aromatic rings. The summed E-state index contributed by atoms with van der Waals surface area (Å²) in [5.41, 5.74) is -1.28. The van der Waals surface area contributed by atoms with E-state index in [1.165, 1.54) is 25.7 Å². The molecule has 5 heteroatoms. The van der Waals surface area contributed by atoms with Crippen LogP contribution in [0.3, 0.4) is 0 Å². The average molecular weight is 248 g/mol. The second-order valence-electron chi connectivity index (χ2n) is 5.16. The molecular formula is C13H16BFNO2. The van der Waals surface area contributed by atoms with Crippen molar-refractivity contribution in [2.24, 2.45) is 0 Å². The summed E-state index contributed by atoms with van der Waals surface area (Å²) in [4.78, 5) is 0. The van der Waals surface area contributed by atoms with Crippen LogP contribution in [0.4, 0.5) is 4.39 Å². The Morgan fingerprint density at radius 3 is 2.44 bits per heavy atom. The van der Waals surface area contributed by atoms with E-state index in [2.05, 4.69) is 0 Å². The molecule has 0 fully saturated rings. The van der Waals surface area contributed by atoms with Crippen LogP contribution in [0.15, 0.2) is 18.2 Å². The Kier molecular flexibility index (Phi) is 4.15. The molecule has 95 valence electrons. The summed E-state index contributed by atoms with van der Waals surface area (Å²) in [7, 11) is 1.41. The van der Waals surface area contributed by atoms with Gasteiger partial charge >= 0.3 is 7.48 Å². The first-order valence-corrected chi connectivity index (χ1v) is 5.60. The monoisotopic (exact) mass is 248 g/mol. The van der Waals surface area contributed by atoms with Crippen molar-refractivity contribution in [2.75, 3.05) is 0 Å². The van der Waals surface area contributed by atoms with E-state index < -0.39 is 17.0 Å². The van der Waals surface area contributed by atoms with Gasteiger partial charge in [-0.2, -0.15) is 5.26 Å². The smallest absolute Gasteiger partial charge is 0.330 e. The Morgan fingerprint density at radius 1 is 1.33 bits per heavy atom. The minimum absolute atomic E-state index is 0.0339. The van der Waals surface area contributed by atoms with E-state index >= 15 is 0 Å². The zero-order valence-electron chi connectivity index (χ0n) is 11.0. The van der Waals surface area contributed by atoms with Gasteiger partial charge in [-0.05, 0) is 39.8 Å². The van der Waals surface area contributed by atoms with Gasteiger partial charge in [-0.1, -0.05) is 11.5 Å². The van der Waals surface area contributed by atoms with Gasteiger partial charge in [-0.25, -0.2) is 4.39 Å². The maximum atomic E-state index is 13.1. The highest BCUT2D eigenvalue weighted by atomic mass is 19.1. The molecule has 0 aliphatic heterocycles. The first kappa shape index (κ1) is 14.7. The van der Waals surface area contributed by atoms with Crippen LogP contribution in [0.2, 0.25) is 0 Å². The number of hydrogen-bond donors (Lipinski definition) is 1. The van der Waals surface area contributed by atoms with Gasteiger partial charge in [0.1, 0.15) is 11.9 Å². The summed E-state index contributed by atoms with van der Waals surface area (Å²) in [5.74, 6) is -0.559. The molecule has 0 heterocycles. The second kappa shape index (κ2) is 5.09. The first-order chi connectivity index (χ1) is 8.17. The fraction of sp³-hybridized carbons (Fsp3) is 0.462. The Bertz CT molecular complexity index is 475. The van der Waals surface area contributed by atoms with Gasteiger partial charge in [-0.3, -0.25) is 0 Å². The van der Waals surface area contributed by atoms with Gasteiger partial charge in [0, 0.05) is 0 Å². The number of rotatable bonds is 4. The van der Waals surface area contributed by atoms with Crippen LogP contribution >= 0.6 is 0 Å². The van der Waals surface area contributed by atoms with Crippen molar-refractivity contribution in [3.63, 3.8) is 0 Å². The zero-order chi connectivity index (χ0) is 14.0. The number of halogens is 1. The topological polar surface area (TPSA) is 53.2 Å². The van der Waals surface area contributed by atoms with Gasteiger partial charge < -0.3 is 9.76 Å². The summed E-state index contributed by atoms with van der Waals surface area (Å²) in [6, 6.07) is 5.89. The van der Waals surface area contributed by atoms with E-state index in [1.54, 1.807) is 33.8 Å². The average Bonchev–Trinajstić information content (AvgIpc) is 2.26. The molecule has 1 N–H and O–H groups in total. The minimum atomic E-state index is -1.03.